The van der Waals surface area contributed by atoms with Gasteiger partial charge in [0.15, 0.2) is 0 Å². The predicted molar refractivity (Wildman–Crippen MR) is 101 cm³/mol. The first kappa shape index (κ1) is 18.7. The molecule has 1 atom stereocenters. The first-order chi connectivity index (χ1) is 12.6. The zero-order valence-electron chi connectivity index (χ0n) is 15.2. The van der Waals surface area contributed by atoms with E-state index in [1.54, 1.807) is 35.7 Å². The van der Waals surface area contributed by atoms with Crippen LogP contribution in [0.1, 0.15) is 37.3 Å². The number of ether oxygens (including phenoxy) is 2. The molecule has 1 aliphatic heterocycles. The molecule has 0 aliphatic carbocycles. The van der Waals surface area contributed by atoms with Gasteiger partial charge in [-0.05, 0) is 42.7 Å². The summed E-state index contributed by atoms with van der Waals surface area (Å²) in [7, 11) is -0.542. The van der Waals surface area contributed by atoms with Gasteiger partial charge in [0.05, 0.1) is 20.3 Å². The second kappa shape index (κ2) is 8.10. The summed E-state index contributed by atoms with van der Waals surface area (Å²) >= 11 is 0. The molecule has 5 nitrogen and oxygen atoms in total. The van der Waals surface area contributed by atoms with Crippen molar-refractivity contribution in [2.75, 3.05) is 20.8 Å². The Morgan fingerprint density at radius 2 is 1.65 bits per heavy atom. The topological polar surface area (TPSA) is 55.8 Å². The molecule has 3 rings (SSSR count). The molecule has 1 aliphatic rings. The Bertz CT molecular complexity index is 833. The third-order valence-corrected chi connectivity index (χ3v) is 6.81. The van der Waals surface area contributed by atoms with Gasteiger partial charge in [0, 0.05) is 6.54 Å². The minimum Gasteiger partial charge on any atom is -0.497 e. The molecule has 2 aromatic carbocycles. The minimum absolute atomic E-state index is 0.182. The van der Waals surface area contributed by atoms with Gasteiger partial charge in [0.2, 0.25) is 10.0 Å². The molecule has 6 heteroatoms. The van der Waals surface area contributed by atoms with E-state index in [4.69, 9.17) is 9.47 Å². The normalized spacial score (nSPS) is 18.9. The maximum atomic E-state index is 13.4. The van der Waals surface area contributed by atoms with Crippen LogP contribution in [0.2, 0.25) is 0 Å². The monoisotopic (exact) mass is 375 g/mol. The van der Waals surface area contributed by atoms with E-state index in [9.17, 15) is 8.42 Å². The molecule has 26 heavy (non-hydrogen) atoms. The molecule has 0 radical (unpaired) electrons. The quantitative estimate of drug-likeness (QED) is 0.792. The number of hydrogen-bond acceptors (Lipinski definition) is 4. The van der Waals surface area contributed by atoms with Gasteiger partial charge in [-0.3, -0.25) is 0 Å². The highest BCUT2D eigenvalue weighted by Crippen LogP contribution is 2.37. The maximum Gasteiger partial charge on any atom is 0.247 e. The van der Waals surface area contributed by atoms with Gasteiger partial charge in [-0.1, -0.05) is 37.1 Å². The van der Waals surface area contributed by atoms with Crippen LogP contribution in [0, 0.1) is 0 Å². The van der Waals surface area contributed by atoms with Gasteiger partial charge in [-0.25, -0.2) is 8.42 Å². The molecule has 2 aromatic rings. The van der Waals surface area contributed by atoms with Crippen LogP contribution in [0.25, 0.3) is 0 Å². The lowest BCUT2D eigenvalue weighted by atomic mass is 10.0. The summed E-state index contributed by atoms with van der Waals surface area (Å²) in [6.07, 6.45) is 3.71. The standard InChI is InChI=1S/C20H25NO4S/c1-24-17-13-11-16(12-14-17)18-8-4-3-7-15-21(18)26(22,23)20-10-6-5-9-19(20)25-2/h5-6,9-14,18H,3-4,7-8,15H2,1-2H3. The van der Waals surface area contributed by atoms with Crippen LogP contribution < -0.4 is 9.47 Å². The summed E-state index contributed by atoms with van der Waals surface area (Å²) in [4.78, 5) is 0.225. The summed E-state index contributed by atoms with van der Waals surface area (Å²) in [5.74, 6) is 1.15. The average Bonchev–Trinajstić information content (AvgIpc) is 2.94. The van der Waals surface area contributed by atoms with Crippen molar-refractivity contribution in [3.8, 4) is 11.5 Å². The minimum atomic E-state index is -3.66. The van der Waals surface area contributed by atoms with Gasteiger partial charge in [-0.15, -0.1) is 0 Å². The summed E-state index contributed by atoms with van der Waals surface area (Å²) < 4.78 is 39.1. The van der Waals surface area contributed by atoms with Crippen LogP contribution in [0.3, 0.4) is 0 Å². The van der Waals surface area contributed by atoms with Crippen molar-refractivity contribution in [1.82, 2.24) is 4.31 Å². The number of rotatable bonds is 5. The molecule has 1 unspecified atom stereocenters. The van der Waals surface area contributed by atoms with E-state index in [1.165, 1.54) is 7.11 Å². The van der Waals surface area contributed by atoms with Crippen molar-refractivity contribution in [2.45, 2.75) is 36.6 Å². The lowest BCUT2D eigenvalue weighted by Crippen LogP contribution is -2.35. The zero-order chi connectivity index (χ0) is 18.6. The lowest BCUT2D eigenvalue weighted by Gasteiger charge is -2.30. The Hall–Kier alpha value is -2.05. The van der Waals surface area contributed by atoms with Gasteiger partial charge >= 0.3 is 0 Å². The third-order valence-electron chi connectivity index (χ3n) is 4.86. The van der Waals surface area contributed by atoms with E-state index in [0.717, 1.165) is 37.0 Å². The molecule has 0 bridgehead atoms. The van der Waals surface area contributed by atoms with Crippen LogP contribution in [0.5, 0.6) is 11.5 Å². The van der Waals surface area contributed by atoms with Crippen molar-refractivity contribution in [2.24, 2.45) is 0 Å². The smallest absolute Gasteiger partial charge is 0.247 e. The van der Waals surface area contributed by atoms with E-state index in [-0.39, 0.29) is 10.9 Å². The Labute approximate surface area is 155 Å². The summed E-state index contributed by atoms with van der Waals surface area (Å²) in [5.41, 5.74) is 0.992. The number of nitrogens with zero attached hydrogens (tertiary/aromatic N) is 1. The first-order valence-electron chi connectivity index (χ1n) is 8.86. The van der Waals surface area contributed by atoms with Crippen LogP contribution in [-0.2, 0) is 10.0 Å². The third kappa shape index (κ3) is 3.71. The van der Waals surface area contributed by atoms with Gasteiger partial charge in [-0.2, -0.15) is 4.31 Å². The molecule has 1 saturated heterocycles. The van der Waals surface area contributed by atoms with Crippen molar-refractivity contribution >= 4 is 10.0 Å². The van der Waals surface area contributed by atoms with E-state index >= 15 is 0 Å². The average molecular weight is 375 g/mol. The van der Waals surface area contributed by atoms with Crippen LogP contribution in [0.15, 0.2) is 53.4 Å². The lowest BCUT2D eigenvalue weighted by molar-refractivity contribution is 0.325. The Morgan fingerprint density at radius 3 is 2.35 bits per heavy atom. The molecule has 1 heterocycles. The van der Waals surface area contributed by atoms with Crippen LogP contribution in [-0.4, -0.2) is 33.5 Å². The summed E-state index contributed by atoms with van der Waals surface area (Å²) in [6.45, 7) is 0.511. The number of para-hydroxylation sites is 1. The molecule has 0 aromatic heterocycles. The van der Waals surface area contributed by atoms with E-state index in [1.807, 2.05) is 24.3 Å². The molecule has 140 valence electrons. The molecule has 1 fully saturated rings. The van der Waals surface area contributed by atoms with Crippen molar-refractivity contribution in [3.63, 3.8) is 0 Å². The Balaban J connectivity index is 2.02. The first-order valence-corrected chi connectivity index (χ1v) is 10.3. The fourth-order valence-corrected chi connectivity index (χ4v) is 5.33. The fraction of sp³-hybridized carbons (Fsp3) is 0.400. The zero-order valence-corrected chi connectivity index (χ0v) is 16.0. The van der Waals surface area contributed by atoms with Crippen LogP contribution >= 0.6 is 0 Å². The molecular formula is C20H25NO4S. The summed E-state index contributed by atoms with van der Waals surface area (Å²) in [6, 6.07) is 14.3. The van der Waals surface area contributed by atoms with Gasteiger partial charge in [0.25, 0.3) is 0 Å². The number of sulfonamides is 1. The SMILES string of the molecule is COc1ccc(C2CCCCCN2S(=O)(=O)c2ccccc2OC)cc1. The van der Waals surface area contributed by atoms with E-state index in [0.29, 0.717) is 12.3 Å². The van der Waals surface area contributed by atoms with Crippen LogP contribution in [0.4, 0.5) is 0 Å². The molecule has 0 N–H and O–H groups in total. The molecule has 0 spiro atoms. The highest BCUT2D eigenvalue weighted by atomic mass is 32.2. The predicted octanol–water partition coefficient (Wildman–Crippen LogP) is 4.01. The largest absolute Gasteiger partial charge is 0.497 e. The Kier molecular flexibility index (Phi) is 5.84. The summed E-state index contributed by atoms with van der Waals surface area (Å²) in [5, 5.41) is 0. The van der Waals surface area contributed by atoms with Crippen molar-refractivity contribution in [3.05, 3.63) is 54.1 Å². The maximum absolute atomic E-state index is 13.4. The number of methoxy groups -OCH3 is 2. The van der Waals surface area contributed by atoms with Gasteiger partial charge in [0.1, 0.15) is 16.4 Å². The fourth-order valence-electron chi connectivity index (χ4n) is 3.49. The molecular weight excluding hydrogens is 350 g/mol. The van der Waals surface area contributed by atoms with Gasteiger partial charge < -0.3 is 9.47 Å². The second-order valence-corrected chi connectivity index (χ2v) is 8.26. The second-order valence-electron chi connectivity index (χ2n) is 6.40. The molecule has 0 saturated carbocycles. The number of hydrogen-bond donors (Lipinski definition) is 0. The molecule has 0 amide bonds. The Morgan fingerprint density at radius 1 is 0.923 bits per heavy atom. The highest BCUT2D eigenvalue weighted by Gasteiger charge is 2.35. The van der Waals surface area contributed by atoms with Crippen molar-refractivity contribution in [1.29, 1.82) is 0 Å². The number of benzene rings is 2. The van der Waals surface area contributed by atoms with Crippen molar-refractivity contribution < 1.29 is 17.9 Å². The van der Waals surface area contributed by atoms with E-state index in [2.05, 4.69) is 0 Å². The highest BCUT2D eigenvalue weighted by molar-refractivity contribution is 7.89. The van der Waals surface area contributed by atoms with E-state index < -0.39 is 10.0 Å².